The molecule has 0 aromatic heterocycles. The van der Waals surface area contributed by atoms with Gasteiger partial charge in [-0.1, -0.05) is 36.4 Å². The van der Waals surface area contributed by atoms with Gasteiger partial charge >= 0.3 is 5.97 Å². The zero-order valence-electron chi connectivity index (χ0n) is 14.5. The van der Waals surface area contributed by atoms with Crippen LogP contribution in [0.2, 0.25) is 0 Å². The lowest BCUT2D eigenvalue weighted by Crippen LogP contribution is -1.96. The molecule has 2 aromatic rings. The zero-order chi connectivity index (χ0) is 19.6. The predicted octanol–water partition coefficient (Wildman–Crippen LogP) is 4.29. The van der Waals surface area contributed by atoms with E-state index in [-0.39, 0.29) is 5.69 Å². The molecular weight excluding hydrogens is 344 g/mol. The number of carbonyl (C=O) groups is 1. The predicted molar refractivity (Wildman–Crippen MR) is 102 cm³/mol. The van der Waals surface area contributed by atoms with Crippen LogP contribution in [0.1, 0.15) is 16.7 Å². The number of nitriles is 1. The number of hydrogen-bond donors (Lipinski definition) is 0. The Bertz CT molecular complexity index is 964. The minimum atomic E-state index is -0.503. The summed E-state index contributed by atoms with van der Waals surface area (Å²) in [5.41, 5.74) is 2.61. The molecule has 27 heavy (non-hydrogen) atoms. The van der Waals surface area contributed by atoms with Gasteiger partial charge in [0.15, 0.2) is 0 Å². The van der Waals surface area contributed by atoms with Crippen molar-refractivity contribution in [2.75, 3.05) is 7.11 Å². The Labute approximate surface area is 156 Å². The minimum absolute atomic E-state index is 0.0309. The number of non-ortho nitro benzene ring substituents is 1. The van der Waals surface area contributed by atoms with E-state index in [1.807, 2.05) is 0 Å². The highest BCUT2D eigenvalue weighted by molar-refractivity contribution is 5.94. The Morgan fingerprint density at radius 3 is 2.56 bits per heavy atom. The third-order valence-corrected chi connectivity index (χ3v) is 3.58. The first kappa shape index (κ1) is 19.3. The van der Waals surface area contributed by atoms with E-state index < -0.39 is 10.9 Å². The Hall–Kier alpha value is -3.98. The van der Waals surface area contributed by atoms with Crippen molar-refractivity contribution in [3.05, 3.63) is 99.6 Å². The van der Waals surface area contributed by atoms with Gasteiger partial charge in [0.1, 0.15) is 0 Å². The molecular formula is C21H16N2O4. The van der Waals surface area contributed by atoms with Crippen LogP contribution in [0, 0.1) is 21.4 Å². The van der Waals surface area contributed by atoms with Crippen LogP contribution in [0.3, 0.4) is 0 Å². The average molecular weight is 360 g/mol. The van der Waals surface area contributed by atoms with Crippen molar-refractivity contribution in [3.63, 3.8) is 0 Å². The lowest BCUT2D eigenvalue weighted by molar-refractivity contribution is -0.384. The van der Waals surface area contributed by atoms with Crippen molar-refractivity contribution in [3.8, 4) is 6.07 Å². The van der Waals surface area contributed by atoms with Crippen LogP contribution in [-0.2, 0) is 9.53 Å². The molecule has 6 heteroatoms. The van der Waals surface area contributed by atoms with Gasteiger partial charge < -0.3 is 4.74 Å². The van der Waals surface area contributed by atoms with E-state index in [1.165, 1.54) is 25.3 Å². The Morgan fingerprint density at radius 1 is 1.19 bits per heavy atom. The van der Waals surface area contributed by atoms with Gasteiger partial charge in [-0.25, -0.2) is 4.79 Å². The molecule has 0 bridgehead atoms. The van der Waals surface area contributed by atoms with E-state index in [0.717, 1.165) is 5.56 Å². The molecule has 0 radical (unpaired) electrons. The molecule has 0 unspecified atom stereocenters. The van der Waals surface area contributed by atoms with Gasteiger partial charge in [0, 0.05) is 18.2 Å². The summed E-state index contributed by atoms with van der Waals surface area (Å²) in [5.74, 6) is -0.503. The normalized spacial score (nSPS) is 11.5. The molecule has 0 amide bonds. The van der Waals surface area contributed by atoms with Crippen molar-refractivity contribution in [1.29, 1.82) is 5.26 Å². The summed E-state index contributed by atoms with van der Waals surface area (Å²) in [6.45, 7) is 0. The number of nitro benzene ring substituents is 1. The standard InChI is InChI=1S/C21H16N2O4/c1-27-21(24)14-19(18-8-4-6-17(13-18)15-22)7-3-2-5-16-9-11-20(12-10-16)23(25)26/h2-14H,1H3/b5-2+,7-3+,19-14-. The molecule has 0 aliphatic carbocycles. The molecule has 0 atom stereocenters. The molecule has 0 aliphatic heterocycles. The Kier molecular flexibility index (Phi) is 6.80. The highest BCUT2D eigenvalue weighted by Gasteiger charge is 2.04. The van der Waals surface area contributed by atoms with Crippen molar-refractivity contribution in [2.24, 2.45) is 0 Å². The molecule has 0 saturated carbocycles. The second-order valence-electron chi connectivity index (χ2n) is 5.38. The number of nitro groups is 1. The van der Waals surface area contributed by atoms with E-state index in [4.69, 9.17) is 5.26 Å². The molecule has 0 spiro atoms. The summed E-state index contributed by atoms with van der Waals surface area (Å²) in [7, 11) is 1.29. The van der Waals surface area contributed by atoms with Crippen molar-refractivity contribution < 1.29 is 14.5 Å². The Morgan fingerprint density at radius 2 is 1.93 bits per heavy atom. The molecule has 0 saturated heterocycles. The quantitative estimate of drug-likeness (QED) is 0.252. The van der Waals surface area contributed by atoms with Crippen molar-refractivity contribution in [1.82, 2.24) is 0 Å². The summed E-state index contributed by atoms with van der Waals surface area (Å²) in [6, 6.07) is 15.1. The first-order chi connectivity index (χ1) is 13.0. The lowest BCUT2D eigenvalue weighted by Gasteiger charge is -2.03. The fourth-order valence-electron chi connectivity index (χ4n) is 2.21. The summed E-state index contributed by atoms with van der Waals surface area (Å²) in [4.78, 5) is 21.8. The van der Waals surface area contributed by atoms with Gasteiger partial charge in [-0.2, -0.15) is 5.26 Å². The fourth-order valence-corrected chi connectivity index (χ4v) is 2.21. The highest BCUT2D eigenvalue weighted by atomic mass is 16.6. The number of methoxy groups -OCH3 is 1. The Balaban J connectivity index is 2.22. The number of allylic oxidation sites excluding steroid dienone is 4. The number of nitrogens with zero attached hydrogens (tertiary/aromatic N) is 2. The van der Waals surface area contributed by atoms with E-state index in [1.54, 1.807) is 60.7 Å². The molecule has 2 rings (SSSR count). The number of esters is 1. The SMILES string of the molecule is COC(=O)/C=C(/C=C/C=C/c1ccc([N+](=O)[O-])cc1)c1cccc(C#N)c1. The van der Waals surface area contributed by atoms with Gasteiger partial charge in [0.25, 0.3) is 5.69 Å². The fraction of sp³-hybridized carbons (Fsp3) is 0.0476. The average Bonchev–Trinajstić information content (AvgIpc) is 2.70. The second kappa shape index (κ2) is 9.49. The van der Waals surface area contributed by atoms with E-state index in [9.17, 15) is 14.9 Å². The summed E-state index contributed by atoms with van der Waals surface area (Å²) < 4.78 is 4.68. The zero-order valence-corrected chi connectivity index (χ0v) is 14.5. The third kappa shape index (κ3) is 5.80. The minimum Gasteiger partial charge on any atom is -0.466 e. The maximum atomic E-state index is 11.6. The molecule has 0 aliphatic rings. The van der Waals surface area contributed by atoms with E-state index in [0.29, 0.717) is 16.7 Å². The largest absolute Gasteiger partial charge is 0.466 e. The van der Waals surface area contributed by atoms with Crippen LogP contribution in [0.15, 0.2) is 72.8 Å². The van der Waals surface area contributed by atoms with Crippen LogP contribution in [0.4, 0.5) is 5.69 Å². The molecule has 134 valence electrons. The lowest BCUT2D eigenvalue weighted by atomic mass is 10.0. The van der Waals surface area contributed by atoms with E-state index in [2.05, 4.69) is 10.8 Å². The number of ether oxygens (including phenoxy) is 1. The van der Waals surface area contributed by atoms with Crippen LogP contribution >= 0.6 is 0 Å². The second-order valence-corrected chi connectivity index (χ2v) is 5.38. The highest BCUT2D eigenvalue weighted by Crippen LogP contribution is 2.18. The van der Waals surface area contributed by atoms with Crippen molar-refractivity contribution >= 4 is 23.3 Å². The summed E-state index contributed by atoms with van der Waals surface area (Å²) in [6.07, 6.45) is 8.32. The molecule has 0 heterocycles. The molecule has 0 N–H and O–H groups in total. The van der Waals surface area contributed by atoms with Gasteiger partial charge in [0.2, 0.25) is 0 Å². The summed E-state index contributed by atoms with van der Waals surface area (Å²) >= 11 is 0. The van der Waals surface area contributed by atoms with Gasteiger partial charge in [-0.15, -0.1) is 0 Å². The van der Waals surface area contributed by atoms with Crippen LogP contribution < -0.4 is 0 Å². The van der Waals surface area contributed by atoms with Gasteiger partial charge in [-0.05, 0) is 41.0 Å². The van der Waals surface area contributed by atoms with Gasteiger partial charge in [-0.3, -0.25) is 10.1 Å². The topological polar surface area (TPSA) is 93.2 Å². The monoisotopic (exact) mass is 360 g/mol. The number of rotatable bonds is 6. The number of hydrogen-bond acceptors (Lipinski definition) is 5. The van der Waals surface area contributed by atoms with Crippen molar-refractivity contribution in [2.45, 2.75) is 0 Å². The third-order valence-electron chi connectivity index (χ3n) is 3.58. The molecule has 6 nitrogen and oxygen atoms in total. The maximum Gasteiger partial charge on any atom is 0.331 e. The van der Waals surface area contributed by atoms with Crippen LogP contribution in [0.25, 0.3) is 11.6 Å². The maximum absolute atomic E-state index is 11.6. The molecule has 0 fully saturated rings. The summed E-state index contributed by atoms with van der Waals surface area (Å²) in [5, 5.41) is 19.7. The van der Waals surface area contributed by atoms with Gasteiger partial charge in [0.05, 0.1) is 23.7 Å². The van der Waals surface area contributed by atoms with Crippen LogP contribution in [0.5, 0.6) is 0 Å². The first-order valence-corrected chi connectivity index (χ1v) is 7.93. The number of carbonyl (C=O) groups excluding carboxylic acids is 1. The number of benzene rings is 2. The van der Waals surface area contributed by atoms with Crippen LogP contribution in [-0.4, -0.2) is 18.0 Å². The first-order valence-electron chi connectivity index (χ1n) is 7.93. The van der Waals surface area contributed by atoms with E-state index >= 15 is 0 Å². The molecule has 2 aromatic carbocycles. The smallest absolute Gasteiger partial charge is 0.331 e.